The molecule has 9 heteroatoms. The van der Waals surface area contributed by atoms with Crippen molar-refractivity contribution in [3.8, 4) is 5.75 Å². The Kier molecular flexibility index (Phi) is 4.56. The molecule has 1 saturated carbocycles. The van der Waals surface area contributed by atoms with Gasteiger partial charge in [-0.25, -0.2) is 23.5 Å². The number of nitrogens with zero attached hydrogens (tertiary/aromatic N) is 3. The van der Waals surface area contributed by atoms with Crippen LogP contribution in [0.5, 0.6) is 5.75 Å². The Morgan fingerprint density at radius 3 is 2.48 bits per heavy atom. The molecule has 3 aliphatic rings. The van der Waals surface area contributed by atoms with Crippen molar-refractivity contribution in [2.24, 2.45) is 18.4 Å². The molecule has 1 aromatic heterocycles. The number of hydrogen-bond donors (Lipinski definition) is 1. The van der Waals surface area contributed by atoms with E-state index in [2.05, 4.69) is 0 Å². The number of fused-ring (bicyclic) bond motifs is 4. The zero-order valence-electron chi connectivity index (χ0n) is 18.8. The van der Waals surface area contributed by atoms with Crippen LogP contribution in [0.3, 0.4) is 0 Å². The highest BCUT2D eigenvalue weighted by molar-refractivity contribution is 6.30. The number of carbonyl (C=O) groups is 2. The van der Waals surface area contributed by atoms with Gasteiger partial charge in [-0.15, -0.1) is 0 Å². The minimum atomic E-state index is -1.17. The molecule has 2 aromatic rings. The van der Waals surface area contributed by atoms with Crippen LogP contribution in [-0.4, -0.2) is 30.6 Å². The van der Waals surface area contributed by atoms with Gasteiger partial charge in [-0.2, -0.15) is 0 Å². The van der Waals surface area contributed by atoms with E-state index >= 15 is 0 Å². The number of carbonyl (C=O) groups excluding carboxylic acids is 2. The van der Waals surface area contributed by atoms with Crippen LogP contribution in [0.1, 0.15) is 44.7 Å². The van der Waals surface area contributed by atoms with E-state index in [4.69, 9.17) is 11.6 Å². The van der Waals surface area contributed by atoms with Crippen LogP contribution >= 0.6 is 11.6 Å². The number of phenols is 1. The fourth-order valence-corrected chi connectivity index (χ4v) is 6.23. The van der Waals surface area contributed by atoms with E-state index in [1.807, 2.05) is 6.08 Å². The Morgan fingerprint density at radius 1 is 1.09 bits per heavy atom. The molecule has 2 heterocycles. The van der Waals surface area contributed by atoms with Crippen LogP contribution in [0.15, 0.2) is 50.6 Å². The summed E-state index contributed by atoms with van der Waals surface area (Å²) in [6.45, 7) is 5.23. The van der Waals surface area contributed by atoms with Gasteiger partial charge >= 0.3 is 11.4 Å². The molecule has 33 heavy (non-hydrogen) atoms. The standard InChI is InChI=1S/C24H24ClN3O5/c1-11-12(2)21(31)24(3)16(20(11)30)10-17-14(19(24)15-9-13(25)5-6-18(15)29)7-8-27-22(32)26(4)23(33)28(17)27/h5-7,9,16-17,19,29H,8,10H2,1-4H3/t16-,17+,19+,24+/m0/s1. The van der Waals surface area contributed by atoms with E-state index in [1.165, 1.54) is 22.5 Å². The number of halogens is 1. The molecule has 0 radical (unpaired) electrons. The molecule has 8 nitrogen and oxygen atoms in total. The third kappa shape index (κ3) is 2.64. The third-order valence-electron chi connectivity index (χ3n) is 7.93. The first-order chi connectivity index (χ1) is 15.5. The Hall–Kier alpha value is -3.13. The highest BCUT2D eigenvalue weighted by atomic mass is 35.5. The van der Waals surface area contributed by atoms with E-state index in [0.29, 0.717) is 21.7 Å². The molecule has 2 aliphatic carbocycles. The molecular weight excluding hydrogens is 446 g/mol. The number of rotatable bonds is 1. The lowest BCUT2D eigenvalue weighted by molar-refractivity contribution is -0.140. The molecular formula is C24H24ClN3O5. The Labute approximate surface area is 194 Å². The van der Waals surface area contributed by atoms with Crippen molar-refractivity contribution in [1.29, 1.82) is 0 Å². The van der Waals surface area contributed by atoms with Crippen molar-refractivity contribution in [1.82, 2.24) is 13.9 Å². The summed E-state index contributed by atoms with van der Waals surface area (Å²) in [5.41, 5.74) is -0.111. The van der Waals surface area contributed by atoms with Gasteiger partial charge in [-0.1, -0.05) is 24.6 Å². The van der Waals surface area contributed by atoms with Gasteiger partial charge in [0.25, 0.3) is 0 Å². The monoisotopic (exact) mass is 469 g/mol. The largest absolute Gasteiger partial charge is 0.508 e. The lowest BCUT2D eigenvalue weighted by atomic mass is 9.50. The summed E-state index contributed by atoms with van der Waals surface area (Å²) < 4.78 is 3.79. The number of ketones is 2. The van der Waals surface area contributed by atoms with E-state index in [0.717, 1.165) is 10.1 Å². The smallest absolute Gasteiger partial charge is 0.347 e. The molecule has 0 amide bonds. The first-order valence-electron chi connectivity index (χ1n) is 10.8. The number of aromatic hydroxyl groups is 1. The summed E-state index contributed by atoms with van der Waals surface area (Å²) in [6.07, 6.45) is 2.05. The van der Waals surface area contributed by atoms with Gasteiger partial charge in [0.15, 0.2) is 11.6 Å². The van der Waals surface area contributed by atoms with E-state index < -0.39 is 34.7 Å². The summed E-state index contributed by atoms with van der Waals surface area (Å²) in [6, 6.07) is 4.03. The zero-order valence-corrected chi connectivity index (χ0v) is 19.5. The van der Waals surface area contributed by atoms with Crippen LogP contribution in [0.25, 0.3) is 0 Å². The Morgan fingerprint density at radius 2 is 1.79 bits per heavy atom. The van der Waals surface area contributed by atoms with E-state index in [1.54, 1.807) is 32.9 Å². The Balaban J connectivity index is 1.84. The lowest BCUT2D eigenvalue weighted by Gasteiger charge is -2.53. The molecule has 0 unspecified atom stereocenters. The second-order valence-corrected chi connectivity index (χ2v) is 9.86. The highest BCUT2D eigenvalue weighted by Gasteiger charge is 2.60. The van der Waals surface area contributed by atoms with Crippen LogP contribution in [0.4, 0.5) is 0 Å². The fraction of sp³-hybridized carbons (Fsp3) is 0.417. The first kappa shape index (κ1) is 21.7. The van der Waals surface area contributed by atoms with Crippen molar-refractivity contribution >= 4 is 23.2 Å². The minimum absolute atomic E-state index is 0.0431. The molecule has 172 valence electrons. The average molecular weight is 470 g/mol. The first-order valence-corrected chi connectivity index (χ1v) is 11.2. The predicted molar refractivity (Wildman–Crippen MR) is 122 cm³/mol. The predicted octanol–water partition coefficient (Wildman–Crippen LogP) is 2.49. The molecule has 1 aromatic carbocycles. The van der Waals surface area contributed by atoms with Gasteiger partial charge in [-0.3, -0.25) is 9.59 Å². The van der Waals surface area contributed by atoms with Crippen LogP contribution in [0, 0.1) is 11.3 Å². The SMILES string of the molecule is CC1=C(C)C(=O)[C@@]2(C)[C@@H](c3cc(Cl)ccc3O)C3=CCn4c(=O)n(C)c(=O)n4[C@@H]3C[C@H]2C1=O. The number of Topliss-reactive ketones (excluding diaryl/α,β-unsaturated/α-hetero) is 2. The molecule has 0 spiro atoms. The van der Waals surface area contributed by atoms with Gasteiger partial charge in [0.05, 0.1) is 18.0 Å². The number of phenolic OH excluding ortho intramolecular Hbond substituents is 1. The number of aromatic nitrogens is 3. The maximum absolute atomic E-state index is 13.8. The molecule has 0 saturated heterocycles. The van der Waals surface area contributed by atoms with Crippen LogP contribution < -0.4 is 11.4 Å². The maximum atomic E-state index is 13.8. The molecule has 0 bridgehead atoms. The molecule has 5 rings (SSSR count). The highest BCUT2D eigenvalue weighted by Crippen LogP contribution is 2.61. The van der Waals surface area contributed by atoms with Crippen LogP contribution in [0.2, 0.25) is 5.02 Å². The fourth-order valence-electron chi connectivity index (χ4n) is 6.05. The van der Waals surface area contributed by atoms with E-state index in [9.17, 15) is 24.3 Å². The third-order valence-corrected chi connectivity index (χ3v) is 8.16. The summed E-state index contributed by atoms with van der Waals surface area (Å²) in [5, 5.41) is 11.2. The van der Waals surface area contributed by atoms with Gasteiger partial charge in [-0.05, 0) is 55.2 Å². The lowest BCUT2D eigenvalue weighted by Crippen LogP contribution is -2.55. The summed E-state index contributed by atoms with van der Waals surface area (Å²) >= 11 is 6.28. The normalized spacial score (nSPS) is 28.9. The summed E-state index contributed by atoms with van der Waals surface area (Å²) in [5.74, 6) is -1.78. The maximum Gasteiger partial charge on any atom is 0.347 e. The van der Waals surface area contributed by atoms with E-state index in [-0.39, 0.29) is 30.3 Å². The van der Waals surface area contributed by atoms with Crippen molar-refractivity contribution in [2.75, 3.05) is 0 Å². The van der Waals surface area contributed by atoms with Crippen molar-refractivity contribution < 1.29 is 14.7 Å². The van der Waals surface area contributed by atoms with Gasteiger partial charge < -0.3 is 5.11 Å². The van der Waals surface area contributed by atoms with Gasteiger partial charge in [0, 0.05) is 29.5 Å². The minimum Gasteiger partial charge on any atom is -0.508 e. The second kappa shape index (κ2) is 6.93. The number of hydrogen-bond acceptors (Lipinski definition) is 5. The summed E-state index contributed by atoms with van der Waals surface area (Å²) in [7, 11) is 1.42. The van der Waals surface area contributed by atoms with Gasteiger partial charge in [0.1, 0.15) is 5.75 Å². The van der Waals surface area contributed by atoms with Crippen LogP contribution in [-0.2, 0) is 23.2 Å². The van der Waals surface area contributed by atoms with Gasteiger partial charge in [0.2, 0.25) is 0 Å². The van der Waals surface area contributed by atoms with Crippen molar-refractivity contribution in [3.63, 3.8) is 0 Å². The molecule has 1 aliphatic heterocycles. The van der Waals surface area contributed by atoms with Crippen molar-refractivity contribution in [2.45, 2.75) is 45.7 Å². The Bertz CT molecular complexity index is 1440. The molecule has 1 N–H and O–H groups in total. The quantitative estimate of drug-likeness (QED) is 0.646. The molecule has 4 atom stereocenters. The number of benzene rings is 1. The topological polar surface area (TPSA) is 103 Å². The van der Waals surface area contributed by atoms with Crippen molar-refractivity contribution in [3.05, 3.63) is 72.5 Å². The average Bonchev–Trinajstić information content (AvgIpc) is 3.01. The molecule has 1 fully saturated rings. The summed E-state index contributed by atoms with van der Waals surface area (Å²) in [4.78, 5) is 52.9. The second-order valence-electron chi connectivity index (χ2n) is 9.42. The zero-order chi connectivity index (χ0) is 24.0. The number of allylic oxidation sites excluding steroid dienone is 4.